The van der Waals surface area contributed by atoms with Gasteiger partial charge in [0.15, 0.2) is 9.84 Å². The third kappa shape index (κ3) is 6.13. The summed E-state index contributed by atoms with van der Waals surface area (Å²) in [6, 6.07) is 16.6. The topological polar surface area (TPSA) is 104 Å². The number of benzene rings is 2. The van der Waals surface area contributed by atoms with Gasteiger partial charge in [0.05, 0.1) is 18.6 Å². The number of sulfone groups is 1. The van der Waals surface area contributed by atoms with Crippen molar-refractivity contribution in [2.75, 3.05) is 32.9 Å². The maximum atomic E-state index is 13.1. The lowest BCUT2D eigenvalue weighted by Crippen LogP contribution is -2.39. The second-order valence-electron chi connectivity index (χ2n) is 8.30. The van der Waals surface area contributed by atoms with Crippen molar-refractivity contribution < 1.29 is 18.3 Å². The minimum atomic E-state index is -3.38. The van der Waals surface area contributed by atoms with Crippen LogP contribution in [0.1, 0.15) is 34.5 Å². The lowest BCUT2D eigenvalue weighted by atomic mass is 10.0. The standard InChI is InChI=1S/C23H31N3O4S/c1-25(21(18-6-4-3-5-7-18)16-26-13-12-20(27)15-26)22(28)14-17-8-10-19(11-9-17)23(24)31(2,29)30/h3-11,20-21,23,27H,12-16,24H2,1-2H3. The van der Waals surface area contributed by atoms with E-state index in [4.69, 9.17) is 5.73 Å². The molecule has 1 saturated heterocycles. The minimum Gasteiger partial charge on any atom is -0.392 e. The fourth-order valence-electron chi connectivity index (χ4n) is 3.89. The maximum Gasteiger partial charge on any atom is 0.227 e. The minimum absolute atomic E-state index is 0.0336. The molecule has 3 rings (SSSR count). The molecule has 1 aliphatic rings. The van der Waals surface area contributed by atoms with Crippen LogP contribution in [0.25, 0.3) is 0 Å². The fourth-order valence-corrected chi connectivity index (χ4v) is 4.55. The van der Waals surface area contributed by atoms with E-state index >= 15 is 0 Å². The lowest BCUT2D eigenvalue weighted by Gasteiger charge is -2.32. The predicted octanol–water partition coefficient (Wildman–Crippen LogP) is 1.50. The van der Waals surface area contributed by atoms with Crippen molar-refractivity contribution in [3.05, 3.63) is 71.3 Å². The Morgan fingerprint density at radius 3 is 2.35 bits per heavy atom. The molecule has 1 heterocycles. The highest BCUT2D eigenvalue weighted by Gasteiger charge is 2.28. The molecule has 1 amide bonds. The molecule has 168 valence electrons. The summed E-state index contributed by atoms with van der Waals surface area (Å²) in [5, 5.41) is 8.80. The van der Waals surface area contributed by atoms with Crippen LogP contribution in [0.3, 0.4) is 0 Å². The van der Waals surface area contributed by atoms with Gasteiger partial charge in [0, 0.05) is 32.9 Å². The van der Waals surface area contributed by atoms with E-state index in [0.717, 1.165) is 30.3 Å². The first kappa shape index (κ1) is 23.4. The third-order valence-corrected chi connectivity index (χ3v) is 7.04. The second kappa shape index (κ2) is 9.91. The van der Waals surface area contributed by atoms with E-state index in [9.17, 15) is 18.3 Å². The Labute approximate surface area is 184 Å². The van der Waals surface area contributed by atoms with Crippen molar-refractivity contribution in [1.82, 2.24) is 9.80 Å². The van der Waals surface area contributed by atoms with Crippen LogP contribution in [0.15, 0.2) is 54.6 Å². The van der Waals surface area contributed by atoms with E-state index in [-0.39, 0.29) is 24.5 Å². The molecule has 3 N–H and O–H groups in total. The summed E-state index contributed by atoms with van der Waals surface area (Å²) < 4.78 is 23.3. The first-order valence-corrected chi connectivity index (χ1v) is 12.3. The number of nitrogens with two attached hydrogens (primary N) is 1. The molecule has 2 aromatic rings. The Morgan fingerprint density at radius 1 is 1.16 bits per heavy atom. The van der Waals surface area contributed by atoms with E-state index in [1.54, 1.807) is 36.2 Å². The zero-order chi connectivity index (χ0) is 22.6. The number of β-amino-alcohol motifs (C(OH)–C–C–N with tert-alkyl or cyclic N) is 1. The molecule has 31 heavy (non-hydrogen) atoms. The highest BCUT2D eigenvalue weighted by atomic mass is 32.2. The summed E-state index contributed by atoms with van der Waals surface area (Å²) in [4.78, 5) is 17.0. The van der Waals surface area contributed by atoms with E-state index in [1.165, 1.54) is 0 Å². The molecule has 0 radical (unpaired) electrons. The van der Waals surface area contributed by atoms with Crippen molar-refractivity contribution in [3.8, 4) is 0 Å². The Bertz CT molecular complexity index is 980. The van der Waals surface area contributed by atoms with E-state index in [2.05, 4.69) is 4.90 Å². The van der Waals surface area contributed by atoms with Gasteiger partial charge in [0.1, 0.15) is 5.37 Å². The summed E-state index contributed by atoms with van der Waals surface area (Å²) in [5.74, 6) is -0.0336. The van der Waals surface area contributed by atoms with Gasteiger partial charge in [-0.25, -0.2) is 8.42 Å². The zero-order valence-corrected chi connectivity index (χ0v) is 18.8. The highest BCUT2D eigenvalue weighted by Crippen LogP contribution is 2.24. The molecule has 2 aromatic carbocycles. The molecular formula is C23H31N3O4S. The Hall–Kier alpha value is -2.26. The van der Waals surface area contributed by atoms with Crippen LogP contribution in [0, 0.1) is 0 Å². The molecule has 0 aliphatic carbocycles. The average molecular weight is 446 g/mol. The van der Waals surface area contributed by atoms with Crippen molar-refractivity contribution >= 4 is 15.7 Å². The van der Waals surface area contributed by atoms with Gasteiger partial charge in [-0.05, 0) is 23.1 Å². The van der Waals surface area contributed by atoms with Crippen LogP contribution in [0.5, 0.6) is 0 Å². The average Bonchev–Trinajstić information content (AvgIpc) is 3.16. The number of carbonyl (C=O) groups is 1. The number of rotatable bonds is 8. The van der Waals surface area contributed by atoms with Gasteiger partial charge in [-0.3, -0.25) is 9.69 Å². The van der Waals surface area contributed by atoms with Crippen molar-refractivity contribution in [2.45, 2.75) is 30.4 Å². The molecule has 3 atom stereocenters. The van der Waals surface area contributed by atoms with Gasteiger partial charge in [0.2, 0.25) is 5.91 Å². The normalized spacial score (nSPS) is 19.2. The molecule has 7 nitrogen and oxygen atoms in total. The Morgan fingerprint density at radius 2 is 1.81 bits per heavy atom. The van der Waals surface area contributed by atoms with Gasteiger partial charge in [-0.2, -0.15) is 0 Å². The number of aliphatic hydroxyl groups excluding tert-OH is 1. The first-order chi connectivity index (χ1) is 14.6. The van der Waals surface area contributed by atoms with Crippen molar-refractivity contribution in [2.24, 2.45) is 5.73 Å². The van der Waals surface area contributed by atoms with E-state index in [0.29, 0.717) is 18.7 Å². The number of hydrogen-bond donors (Lipinski definition) is 2. The number of carbonyl (C=O) groups excluding carboxylic acids is 1. The molecule has 3 unspecified atom stereocenters. The molecule has 1 fully saturated rings. The Balaban J connectivity index is 1.72. The molecular weight excluding hydrogens is 414 g/mol. The number of amides is 1. The van der Waals surface area contributed by atoms with Crippen molar-refractivity contribution in [1.29, 1.82) is 0 Å². The summed E-state index contributed by atoms with van der Waals surface area (Å²) in [7, 11) is -1.58. The molecule has 0 spiro atoms. The summed E-state index contributed by atoms with van der Waals surface area (Å²) in [6.45, 7) is 2.09. The third-order valence-electron chi connectivity index (χ3n) is 5.85. The summed E-state index contributed by atoms with van der Waals surface area (Å²) in [5.41, 5.74) is 8.13. The van der Waals surface area contributed by atoms with E-state index < -0.39 is 15.2 Å². The number of likely N-dealkylation sites (tertiary alicyclic amines) is 1. The molecule has 0 bridgehead atoms. The van der Waals surface area contributed by atoms with Gasteiger partial charge in [-0.1, -0.05) is 54.6 Å². The SMILES string of the molecule is CN(C(=O)Cc1ccc(C(N)S(C)(=O)=O)cc1)C(CN1CCC(O)C1)c1ccccc1. The maximum absolute atomic E-state index is 13.1. The highest BCUT2D eigenvalue weighted by molar-refractivity contribution is 7.90. The Kier molecular flexibility index (Phi) is 7.48. The molecule has 0 aromatic heterocycles. The fraction of sp³-hybridized carbons (Fsp3) is 0.435. The smallest absolute Gasteiger partial charge is 0.227 e. The summed E-state index contributed by atoms with van der Waals surface area (Å²) in [6.07, 6.45) is 1.75. The quantitative estimate of drug-likeness (QED) is 0.638. The van der Waals surface area contributed by atoms with Crippen LogP contribution in [0.2, 0.25) is 0 Å². The van der Waals surface area contributed by atoms with Crippen LogP contribution in [-0.4, -0.2) is 68.3 Å². The zero-order valence-electron chi connectivity index (χ0n) is 18.0. The predicted molar refractivity (Wildman–Crippen MR) is 121 cm³/mol. The van der Waals surface area contributed by atoms with Gasteiger partial charge in [0.25, 0.3) is 0 Å². The first-order valence-electron chi connectivity index (χ1n) is 10.4. The van der Waals surface area contributed by atoms with Gasteiger partial charge >= 0.3 is 0 Å². The van der Waals surface area contributed by atoms with Crippen molar-refractivity contribution in [3.63, 3.8) is 0 Å². The lowest BCUT2D eigenvalue weighted by molar-refractivity contribution is -0.131. The molecule has 0 saturated carbocycles. The summed E-state index contributed by atoms with van der Waals surface area (Å²) >= 11 is 0. The monoisotopic (exact) mass is 445 g/mol. The van der Waals surface area contributed by atoms with Crippen LogP contribution < -0.4 is 5.73 Å². The largest absolute Gasteiger partial charge is 0.392 e. The number of hydrogen-bond acceptors (Lipinski definition) is 6. The van der Waals surface area contributed by atoms with Crippen LogP contribution >= 0.6 is 0 Å². The number of nitrogens with zero attached hydrogens (tertiary/aromatic N) is 2. The van der Waals surface area contributed by atoms with E-state index in [1.807, 2.05) is 30.3 Å². The number of likely N-dealkylation sites (N-methyl/N-ethyl adjacent to an activating group) is 1. The number of aliphatic hydroxyl groups is 1. The van der Waals surface area contributed by atoms with Gasteiger partial charge in [-0.15, -0.1) is 0 Å². The molecule has 1 aliphatic heterocycles. The van der Waals surface area contributed by atoms with Gasteiger partial charge < -0.3 is 15.7 Å². The van der Waals surface area contributed by atoms with Crippen LogP contribution in [-0.2, 0) is 21.1 Å². The van der Waals surface area contributed by atoms with Crippen LogP contribution in [0.4, 0.5) is 0 Å². The second-order valence-corrected chi connectivity index (χ2v) is 10.5. The molecule has 8 heteroatoms.